The Morgan fingerprint density at radius 3 is 2.44 bits per heavy atom. The van der Waals surface area contributed by atoms with Crippen LogP contribution in [0, 0.1) is 5.41 Å². The maximum absolute atomic E-state index is 4.53. The second kappa shape index (κ2) is 5.27. The van der Waals surface area contributed by atoms with Gasteiger partial charge in [0.15, 0.2) is 0 Å². The first-order valence-corrected chi connectivity index (χ1v) is 6.82. The molecule has 0 N–H and O–H groups in total. The third-order valence-corrected chi connectivity index (χ3v) is 3.37. The number of anilines is 1. The molecule has 3 heteroatoms. The highest BCUT2D eigenvalue weighted by Gasteiger charge is 2.17. The van der Waals surface area contributed by atoms with Gasteiger partial charge in [-0.1, -0.05) is 20.8 Å². The van der Waals surface area contributed by atoms with Crippen molar-refractivity contribution in [2.24, 2.45) is 5.41 Å². The molecule has 2 rings (SSSR count). The number of likely N-dealkylation sites (N-methyl/N-ethyl adjacent to an activating group) is 1. The largest absolute Gasteiger partial charge is 0.354 e. The third kappa shape index (κ3) is 3.70. The van der Waals surface area contributed by atoms with Crippen molar-refractivity contribution in [2.45, 2.75) is 27.2 Å². The molecule has 1 aliphatic heterocycles. The van der Waals surface area contributed by atoms with Gasteiger partial charge >= 0.3 is 0 Å². The molecule has 0 spiro atoms. The van der Waals surface area contributed by atoms with Crippen LogP contribution in [0.4, 0.5) is 5.82 Å². The molecular formula is C15H25N3. The van der Waals surface area contributed by atoms with E-state index in [1.165, 1.54) is 5.56 Å². The lowest BCUT2D eigenvalue weighted by atomic mass is 9.88. The molecule has 0 saturated carbocycles. The van der Waals surface area contributed by atoms with Crippen molar-refractivity contribution in [3.8, 4) is 0 Å². The highest BCUT2D eigenvalue weighted by molar-refractivity contribution is 5.41. The minimum absolute atomic E-state index is 0.334. The van der Waals surface area contributed by atoms with E-state index in [2.05, 4.69) is 54.7 Å². The van der Waals surface area contributed by atoms with Gasteiger partial charge in [-0.2, -0.15) is 0 Å². The first-order valence-electron chi connectivity index (χ1n) is 6.82. The minimum atomic E-state index is 0.334. The van der Waals surface area contributed by atoms with Gasteiger partial charge in [0.25, 0.3) is 0 Å². The van der Waals surface area contributed by atoms with Crippen LogP contribution in [-0.4, -0.2) is 43.1 Å². The molecule has 2 heterocycles. The number of hydrogen-bond donors (Lipinski definition) is 0. The third-order valence-electron chi connectivity index (χ3n) is 3.37. The fraction of sp³-hybridized carbons (Fsp3) is 0.667. The van der Waals surface area contributed by atoms with Crippen molar-refractivity contribution < 1.29 is 0 Å². The predicted octanol–water partition coefficient (Wildman–Crippen LogP) is 2.42. The number of rotatable bonds is 2. The van der Waals surface area contributed by atoms with Gasteiger partial charge in [0.05, 0.1) is 0 Å². The van der Waals surface area contributed by atoms with Crippen LogP contribution in [0.3, 0.4) is 0 Å². The molecular weight excluding hydrogens is 222 g/mol. The first kappa shape index (κ1) is 13.3. The van der Waals surface area contributed by atoms with Crippen LogP contribution in [0.15, 0.2) is 18.3 Å². The summed E-state index contributed by atoms with van der Waals surface area (Å²) in [6.45, 7) is 11.3. The van der Waals surface area contributed by atoms with Crippen LogP contribution in [0.1, 0.15) is 26.3 Å². The summed E-state index contributed by atoms with van der Waals surface area (Å²) >= 11 is 0. The van der Waals surface area contributed by atoms with Crippen LogP contribution in [0.25, 0.3) is 0 Å². The van der Waals surface area contributed by atoms with Crippen molar-refractivity contribution in [3.05, 3.63) is 23.9 Å². The van der Waals surface area contributed by atoms with Gasteiger partial charge in [-0.05, 0) is 36.6 Å². The van der Waals surface area contributed by atoms with Crippen LogP contribution < -0.4 is 4.90 Å². The van der Waals surface area contributed by atoms with Crippen molar-refractivity contribution in [2.75, 3.05) is 38.1 Å². The molecule has 1 aromatic rings. The van der Waals surface area contributed by atoms with Crippen LogP contribution in [0.2, 0.25) is 0 Å². The number of pyridine rings is 1. The molecule has 1 aromatic heterocycles. The van der Waals surface area contributed by atoms with E-state index in [4.69, 9.17) is 0 Å². The van der Waals surface area contributed by atoms with Gasteiger partial charge in [0.2, 0.25) is 0 Å². The second-order valence-electron chi connectivity index (χ2n) is 6.55. The van der Waals surface area contributed by atoms with E-state index in [1.807, 2.05) is 6.20 Å². The summed E-state index contributed by atoms with van der Waals surface area (Å²) < 4.78 is 0. The zero-order chi connectivity index (χ0) is 13.2. The Hall–Kier alpha value is -1.09. The molecule has 1 saturated heterocycles. The fourth-order valence-corrected chi connectivity index (χ4v) is 2.39. The molecule has 0 radical (unpaired) electrons. The molecule has 0 bridgehead atoms. The lowest BCUT2D eigenvalue weighted by Gasteiger charge is -2.33. The lowest BCUT2D eigenvalue weighted by Crippen LogP contribution is -2.44. The second-order valence-corrected chi connectivity index (χ2v) is 6.55. The van der Waals surface area contributed by atoms with E-state index >= 15 is 0 Å². The monoisotopic (exact) mass is 247 g/mol. The molecule has 18 heavy (non-hydrogen) atoms. The summed E-state index contributed by atoms with van der Waals surface area (Å²) in [6, 6.07) is 4.40. The average molecular weight is 247 g/mol. The maximum atomic E-state index is 4.53. The Morgan fingerprint density at radius 2 is 1.83 bits per heavy atom. The SMILES string of the molecule is CN1CCN(c2cc(CC(C)(C)C)ccn2)CC1. The van der Waals surface area contributed by atoms with Gasteiger partial charge in [0.1, 0.15) is 5.82 Å². The molecule has 0 amide bonds. The van der Waals surface area contributed by atoms with E-state index in [0.717, 1.165) is 38.4 Å². The van der Waals surface area contributed by atoms with Gasteiger partial charge in [-0.25, -0.2) is 4.98 Å². The minimum Gasteiger partial charge on any atom is -0.354 e. The molecule has 1 fully saturated rings. The smallest absolute Gasteiger partial charge is 0.128 e. The fourth-order valence-electron chi connectivity index (χ4n) is 2.39. The van der Waals surface area contributed by atoms with E-state index < -0.39 is 0 Å². The van der Waals surface area contributed by atoms with Crippen LogP contribution >= 0.6 is 0 Å². The highest BCUT2D eigenvalue weighted by atomic mass is 15.3. The molecule has 1 aliphatic rings. The maximum Gasteiger partial charge on any atom is 0.128 e. The van der Waals surface area contributed by atoms with Crippen molar-refractivity contribution in [1.82, 2.24) is 9.88 Å². The summed E-state index contributed by atoms with van der Waals surface area (Å²) in [4.78, 5) is 9.29. The van der Waals surface area contributed by atoms with Crippen LogP contribution in [0.5, 0.6) is 0 Å². The van der Waals surface area contributed by atoms with Gasteiger partial charge in [-0.3, -0.25) is 0 Å². The number of piperazine rings is 1. The van der Waals surface area contributed by atoms with Gasteiger partial charge in [-0.15, -0.1) is 0 Å². The Balaban J connectivity index is 2.07. The summed E-state index contributed by atoms with van der Waals surface area (Å²) in [5.41, 5.74) is 1.73. The first-order chi connectivity index (χ1) is 8.44. The van der Waals surface area contributed by atoms with Crippen molar-refractivity contribution in [1.29, 1.82) is 0 Å². The summed E-state index contributed by atoms with van der Waals surface area (Å²) in [5.74, 6) is 1.14. The van der Waals surface area contributed by atoms with E-state index in [-0.39, 0.29) is 0 Å². The quantitative estimate of drug-likeness (QED) is 0.800. The van der Waals surface area contributed by atoms with E-state index in [1.54, 1.807) is 0 Å². The zero-order valence-electron chi connectivity index (χ0n) is 12.1. The Labute approximate surface area is 111 Å². The van der Waals surface area contributed by atoms with E-state index in [9.17, 15) is 0 Å². The molecule has 0 aliphatic carbocycles. The Bertz CT molecular complexity index is 387. The molecule has 3 nitrogen and oxygen atoms in total. The van der Waals surface area contributed by atoms with E-state index in [0.29, 0.717) is 5.41 Å². The highest BCUT2D eigenvalue weighted by Crippen LogP contribution is 2.23. The Kier molecular flexibility index (Phi) is 3.91. The van der Waals surface area contributed by atoms with Crippen molar-refractivity contribution >= 4 is 5.82 Å². The summed E-state index contributed by atoms with van der Waals surface area (Å²) in [6.07, 6.45) is 3.06. The molecule has 0 aromatic carbocycles. The molecule has 0 unspecified atom stereocenters. The number of hydrogen-bond acceptors (Lipinski definition) is 3. The molecule has 100 valence electrons. The van der Waals surface area contributed by atoms with Crippen molar-refractivity contribution in [3.63, 3.8) is 0 Å². The lowest BCUT2D eigenvalue weighted by molar-refractivity contribution is 0.312. The standard InChI is InChI=1S/C15H25N3/c1-15(2,3)12-13-5-6-16-14(11-13)18-9-7-17(4)8-10-18/h5-6,11H,7-10,12H2,1-4H3. The molecule has 0 atom stereocenters. The average Bonchev–Trinajstić information content (AvgIpc) is 2.28. The normalized spacial score (nSPS) is 18.1. The van der Waals surface area contributed by atoms with Crippen LogP contribution in [-0.2, 0) is 6.42 Å². The summed E-state index contributed by atoms with van der Waals surface area (Å²) in [5, 5.41) is 0. The number of nitrogens with zero attached hydrogens (tertiary/aromatic N) is 3. The summed E-state index contributed by atoms with van der Waals surface area (Å²) in [7, 11) is 2.18. The van der Waals surface area contributed by atoms with Gasteiger partial charge in [0, 0.05) is 32.4 Å². The Morgan fingerprint density at radius 1 is 1.17 bits per heavy atom. The number of aromatic nitrogens is 1. The van der Waals surface area contributed by atoms with Gasteiger partial charge < -0.3 is 9.80 Å². The topological polar surface area (TPSA) is 19.4 Å². The predicted molar refractivity (Wildman–Crippen MR) is 77.1 cm³/mol. The zero-order valence-corrected chi connectivity index (χ0v) is 12.1.